The molecule has 1 aromatic carbocycles. The fourth-order valence-corrected chi connectivity index (χ4v) is 2.32. The van der Waals surface area contributed by atoms with Crippen LogP contribution in [0, 0.1) is 0 Å². The van der Waals surface area contributed by atoms with E-state index in [-0.39, 0.29) is 5.91 Å². The molecule has 0 aromatic heterocycles. The van der Waals surface area contributed by atoms with Crippen molar-refractivity contribution < 1.29 is 4.79 Å². The number of hydrogen-bond acceptors (Lipinski definition) is 1. The Morgan fingerprint density at radius 3 is 3.00 bits per heavy atom. The van der Waals surface area contributed by atoms with Gasteiger partial charge in [0.1, 0.15) is 0 Å². The lowest BCUT2D eigenvalue weighted by molar-refractivity contribution is 0.0741. The second-order valence-corrected chi connectivity index (χ2v) is 3.77. The van der Waals surface area contributed by atoms with Gasteiger partial charge in [0.25, 0.3) is 5.91 Å². The maximum atomic E-state index is 11.9. The van der Waals surface area contributed by atoms with Gasteiger partial charge in [-0.05, 0) is 18.1 Å². The SMILES string of the molecule is O=C1c2ccccc2[C@@H]2CC=CCN12. The minimum Gasteiger partial charge on any atom is -0.328 e. The first-order valence-electron chi connectivity index (χ1n) is 4.93. The summed E-state index contributed by atoms with van der Waals surface area (Å²) in [5, 5.41) is 0. The summed E-state index contributed by atoms with van der Waals surface area (Å²) in [6, 6.07) is 8.23. The Kier molecular flexibility index (Phi) is 1.51. The van der Waals surface area contributed by atoms with Crippen molar-refractivity contribution in [1.29, 1.82) is 0 Å². The topological polar surface area (TPSA) is 20.3 Å². The molecule has 0 radical (unpaired) electrons. The molecule has 0 N–H and O–H groups in total. The highest BCUT2D eigenvalue weighted by Gasteiger charge is 2.35. The van der Waals surface area contributed by atoms with E-state index in [4.69, 9.17) is 0 Å². The van der Waals surface area contributed by atoms with E-state index >= 15 is 0 Å². The van der Waals surface area contributed by atoms with Crippen LogP contribution < -0.4 is 0 Å². The molecule has 14 heavy (non-hydrogen) atoms. The van der Waals surface area contributed by atoms with Crippen LogP contribution in [0.4, 0.5) is 0 Å². The van der Waals surface area contributed by atoms with Gasteiger partial charge in [-0.3, -0.25) is 4.79 Å². The normalized spacial score (nSPS) is 23.6. The third-order valence-electron chi connectivity index (χ3n) is 3.02. The van der Waals surface area contributed by atoms with Crippen LogP contribution >= 0.6 is 0 Å². The zero-order chi connectivity index (χ0) is 9.54. The minimum atomic E-state index is 0.190. The Hall–Kier alpha value is -1.57. The van der Waals surface area contributed by atoms with Crippen molar-refractivity contribution in [2.75, 3.05) is 6.54 Å². The number of amides is 1. The first-order valence-corrected chi connectivity index (χ1v) is 4.93. The Bertz CT molecular complexity index is 422. The highest BCUT2D eigenvalue weighted by atomic mass is 16.2. The van der Waals surface area contributed by atoms with Crippen LogP contribution in [0.1, 0.15) is 28.4 Å². The van der Waals surface area contributed by atoms with Crippen LogP contribution in [0.25, 0.3) is 0 Å². The molecule has 1 atom stereocenters. The second kappa shape index (κ2) is 2.71. The molecular weight excluding hydrogens is 174 g/mol. The zero-order valence-corrected chi connectivity index (χ0v) is 7.81. The summed E-state index contributed by atoms with van der Waals surface area (Å²) < 4.78 is 0. The van der Waals surface area contributed by atoms with Crippen LogP contribution in [-0.2, 0) is 0 Å². The molecule has 2 aliphatic rings. The van der Waals surface area contributed by atoms with Gasteiger partial charge in [-0.1, -0.05) is 30.4 Å². The van der Waals surface area contributed by atoms with Gasteiger partial charge in [0.05, 0.1) is 6.04 Å². The van der Waals surface area contributed by atoms with E-state index in [1.165, 1.54) is 5.56 Å². The Labute approximate surface area is 82.8 Å². The molecular formula is C12H11NO. The molecule has 2 aliphatic heterocycles. The second-order valence-electron chi connectivity index (χ2n) is 3.77. The van der Waals surface area contributed by atoms with Crippen molar-refractivity contribution in [3.8, 4) is 0 Å². The third kappa shape index (κ3) is 0.882. The summed E-state index contributed by atoms with van der Waals surface area (Å²) in [5.74, 6) is 0.190. The summed E-state index contributed by atoms with van der Waals surface area (Å²) in [7, 11) is 0. The number of rotatable bonds is 0. The van der Waals surface area contributed by atoms with E-state index < -0.39 is 0 Å². The zero-order valence-electron chi connectivity index (χ0n) is 7.81. The van der Waals surface area contributed by atoms with Gasteiger partial charge in [-0.25, -0.2) is 0 Å². The van der Waals surface area contributed by atoms with Gasteiger partial charge in [-0.2, -0.15) is 0 Å². The lowest BCUT2D eigenvalue weighted by atomic mass is 10.0. The van der Waals surface area contributed by atoms with Crippen molar-refractivity contribution >= 4 is 5.91 Å². The first kappa shape index (κ1) is 7.80. The third-order valence-corrected chi connectivity index (χ3v) is 3.02. The lowest BCUT2D eigenvalue weighted by Gasteiger charge is -2.26. The predicted octanol–water partition coefficient (Wildman–Crippen LogP) is 2.14. The molecule has 0 spiro atoms. The largest absolute Gasteiger partial charge is 0.328 e. The van der Waals surface area contributed by atoms with Gasteiger partial charge in [-0.15, -0.1) is 0 Å². The number of carbonyl (C=O) groups excluding carboxylic acids is 1. The number of fused-ring (bicyclic) bond motifs is 3. The summed E-state index contributed by atoms with van der Waals surface area (Å²) in [6.07, 6.45) is 5.19. The molecule has 1 aromatic rings. The molecule has 0 unspecified atom stereocenters. The van der Waals surface area contributed by atoms with Crippen LogP contribution in [0.2, 0.25) is 0 Å². The van der Waals surface area contributed by atoms with E-state index in [0.29, 0.717) is 6.04 Å². The standard InChI is InChI=1S/C12H11NO/c14-12-10-6-2-1-5-9(10)11-7-3-4-8-13(11)12/h1-6,11H,7-8H2/t11-/m0/s1. The van der Waals surface area contributed by atoms with Crippen molar-refractivity contribution in [2.24, 2.45) is 0 Å². The van der Waals surface area contributed by atoms with E-state index in [0.717, 1.165) is 18.5 Å². The molecule has 0 saturated heterocycles. The van der Waals surface area contributed by atoms with Crippen molar-refractivity contribution in [1.82, 2.24) is 4.90 Å². The Morgan fingerprint density at radius 1 is 1.21 bits per heavy atom. The van der Waals surface area contributed by atoms with Gasteiger partial charge >= 0.3 is 0 Å². The molecule has 70 valence electrons. The predicted molar refractivity (Wildman–Crippen MR) is 54.0 cm³/mol. The Balaban J connectivity index is 2.15. The number of carbonyl (C=O) groups is 1. The van der Waals surface area contributed by atoms with Gasteiger partial charge in [0.15, 0.2) is 0 Å². The maximum Gasteiger partial charge on any atom is 0.255 e. The van der Waals surface area contributed by atoms with Crippen molar-refractivity contribution in [2.45, 2.75) is 12.5 Å². The number of nitrogens with zero attached hydrogens (tertiary/aromatic N) is 1. The van der Waals surface area contributed by atoms with Crippen LogP contribution in [0.5, 0.6) is 0 Å². The average Bonchev–Trinajstić information content (AvgIpc) is 2.55. The molecule has 2 heterocycles. The monoisotopic (exact) mass is 185 g/mol. The fourth-order valence-electron chi connectivity index (χ4n) is 2.32. The van der Waals surface area contributed by atoms with Crippen LogP contribution in [-0.4, -0.2) is 17.4 Å². The van der Waals surface area contributed by atoms with E-state index in [1.54, 1.807) is 0 Å². The molecule has 0 aliphatic carbocycles. The molecule has 2 heteroatoms. The first-order chi connectivity index (χ1) is 6.88. The minimum absolute atomic E-state index is 0.190. The highest BCUT2D eigenvalue weighted by Crippen LogP contribution is 2.37. The number of benzene rings is 1. The summed E-state index contributed by atoms with van der Waals surface area (Å²) in [4.78, 5) is 13.9. The average molecular weight is 185 g/mol. The molecule has 1 amide bonds. The number of hydrogen-bond donors (Lipinski definition) is 0. The summed E-state index contributed by atoms with van der Waals surface area (Å²) in [5.41, 5.74) is 2.09. The van der Waals surface area contributed by atoms with Gasteiger partial charge < -0.3 is 4.90 Å². The van der Waals surface area contributed by atoms with Crippen molar-refractivity contribution in [3.63, 3.8) is 0 Å². The van der Waals surface area contributed by atoms with E-state index in [1.807, 2.05) is 23.1 Å². The summed E-state index contributed by atoms with van der Waals surface area (Å²) >= 11 is 0. The highest BCUT2D eigenvalue weighted by molar-refractivity contribution is 5.99. The van der Waals surface area contributed by atoms with Crippen LogP contribution in [0.3, 0.4) is 0 Å². The maximum absolute atomic E-state index is 11.9. The molecule has 2 nitrogen and oxygen atoms in total. The molecule has 0 fully saturated rings. The molecule has 3 rings (SSSR count). The summed E-state index contributed by atoms with van der Waals surface area (Å²) in [6.45, 7) is 0.762. The Morgan fingerprint density at radius 2 is 2.07 bits per heavy atom. The van der Waals surface area contributed by atoms with E-state index in [2.05, 4.69) is 18.2 Å². The van der Waals surface area contributed by atoms with Crippen LogP contribution in [0.15, 0.2) is 36.4 Å². The molecule has 0 saturated carbocycles. The van der Waals surface area contributed by atoms with Gasteiger partial charge in [0.2, 0.25) is 0 Å². The molecule has 0 bridgehead atoms. The van der Waals surface area contributed by atoms with Gasteiger partial charge in [0, 0.05) is 12.1 Å². The van der Waals surface area contributed by atoms with E-state index in [9.17, 15) is 4.79 Å². The lowest BCUT2D eigenvalue weighted by Crippen LogP contribution is -2.29. The quantitative estimate of drug-likeness (QED) is 0.567. The fraction of sp³-hybridized carbons (Fsp3) is 0.250. The van der Waals surface area contributed by atoms with Crippen molar-refractivity contribution in [3.05, 3.63) is 47.5 Å². The smallest absolute Gasteiger partial charge is 0.255 e.